The molecule has 0 bridgehead atoms. The first-order chi connectivity index (χ1) is 5.39. The molecule has 12 heavy (non-hydrogen) atoms. The minimum absolute atomic E-state index is 0.201. The average molecular weight is 190 g/mol. The number of hydrogen-bond acceptors (Lipinski definition) is 2. The monoisotopic (exact) mass is 190 g/mol. The van der Waals surface area contributed by atoms with Gasteiger partial charge in [0.15, 0.2) is 0 Å². The van der Waals surface area contributed by atoms with Gasteiger partial charge in [0.1, 0.15) is 0 Å². The zero-order chi connectivity index (χ0) is 9.78. The number of ether oxygens (including phenoxy) is 1. The van der Waals surface area contributed by atoms with E-state index in [0.717, 1.165) is 12.4 Å². The van der Waals surface area contributed by atoms with Crippen molar-refractivity contribution in [2.45, 2.75) is 40.7 Å². The molecule has 0 fully saturated rings. The Hall–Kier alpha value is 0.310. The minimum Gasteiger partial charge on any atom is -0.378 e. The van der Waals surface area contributed by atoms with Crippen LogP contribution in [0.2, 0.25) is 0 Å². The second-order valence-electron chi connectivity index (χ2n) is 4.58. The topological polar surface area (TPSA) is 9.23 Å². The summed E-state index contributed by atoms with van der Waals surface area (Å²) in [4.78, 5) is 0. The van der Waals surface area contributed by atoms with Crippen LogP contribution in [0.25, 0.3) is 0 Å². The number of hydrogen-bond donors (Lipinski definition) is 1. The molecule has 0 aliphatic carbocycles. The van der Waals surface area contributed by atoms with Crippen LogP contribution < -0.4 is 0 Å². The van der Waals surface area contributed by atoms with Gasteiger partial charge < -0.3 is 4.74 Å². The van der Waals surface area contributed by atoms with Crippen LogP contribution in [-0.4, -0.2) is 18.5 Å². The van der Waals surface area contributed by atoms with E-state index in [0.29, 0.717) is 12.0 Å². The van der Waals surface area contributed by atoms with E-state index in [4.69, 9.17) is 4.74 Å². The van der Waals surface area contributed by atoms with Crippen molar-refractivity contribution in [1.82, 2.24) is 0 Å². The molecule has 0 aromatic heterocycles. The third-order valence-corrected chi connectivity index (χ3v) is 2.96. The molecule has 0 aromatic rings. The number of thiol groups is 1. The fraction of sp³-hybridized carbons (Fsp3) is 1.00. The Bertz CT molecular complexity index is 121. The maximum absolute atomic E-state index is 5.71. The predicted molar refractivity (Wildman–Crippen MR) is 57.9 cm³/mol. The lowest BCUT2D eigenvalue weighted by Gasteiger charge is -2.25. The SMILES string of the molecule is CC(C)C(C)OCC(C)(C)CS. The summed E-state index contributed by atoms with van der Waals surface area (Å²) < 4.78 is 5.71. The van der Waals surface area contributed by atoms with Crippen LogP contribution in [0.5, 0.6) is 0 Å². The van der Waals surface area contributed by atoms with Crippen molar-refractivity contribution in [1.29, 1.82) is 0 Å². The molecule has 0 heterocycles. The maximum atomic E-state index is 5.71. The Balaban J connectivity index is 3.67. The highest BCUT2D eigenvalue weighted by Crippen LogP contribution is 2.19. The number of rotatable bonds is 5. The predicted octanol–water partition coefficient (Wildman–Crippen LogP) is 3.00. The Morgan fingerprint density at radius 3 is 2.08 bits per heavy atom. The molecule has 0 aliphatic heterocycles. The van der Waals surface area contributed by atoms with Crippen molar-refractivity contribution in [3.8, 4) is 0 Å². The van der Waals surface area contributed by atoms with Crippen LogP contribution in [0.4, 0.5) is 0 Å². The molecule has 1 nitrogen and oxygen atoms in total. The fourth-order valence-corrected chi connectivity index (χ4v) is 0.686. The molecule has 0 rings (SSSR count). The van der Waals surface area contributed by atoms with E-state index in [1.807, 2.05) is 0 Å². The van der Waals surface area contributed by atoms with Gasteiger partial charge in [-0.15, -0.1) is 0 Å². The fourth-order valence-electron chi connectivity index (χ4n) is 0.595. The van der Waals surface area contributed by atoms with Crippen molar-refractivity contribution in [2.24, 2.45) is 11.3 Å². The van der Waals surface area contributed by atoms with E-state index in [2.05, 4.69) is 47.2 Å². The Labute approximate surface area is 82.3 Å². The summed E-state index contributed by atoms with van der Waals surface area (Å²) in [6.07, 6.45) is 0.351. The van der Waals surface area contributed by atoms with Gasteiger partial charge in [-0.25, -0.2) is 0 Å². The minimum atomic E-state index is 0.201. The summed E-state index contributed by atoms with van der Waals surface area (Å²) in [7, 11) is 0. The molecular weight excluding hydrogens is 168 g/mol. The Kier molecular flexibility index (Phi) is 5.26. The lowest BCUT2D eigenvalue weighted by molar-refractivity contribution is -0.00309. The maximum Gasteiger partial charge on any atom is 0.0570 e. The molecular formula is C10H22OS. The van der Waals surface area contributed by atoms with E-state index in [1.54, 1.807) is 0 Å². The zero-order valence-electron chi connectivity index (χ0n) is 8.92. The summed E-state index contributed by atoms with van der Waals surface area (Å²) in [5, 5.41) is 0. The van der Waals surface area contributed by atoms with Crippen molar-refractivity contribution in [3.63, 3.8) is 0 Å². The molecule has 0 aliphatic rings. The van der Waals surface area contributed by atoms with Gasteiger partial charge in [0.2, 0.25) is 0 Å². The molecule has 2 heteroatoms. The highest BCUT2D eigenvalue weighted by atomic mass is 32.1. The second-order valence-corrected chi connectivity index (χ2v) is 4.90. The summed E-state index contributed by atoms with van der Waals surface area (Å²) >= 11 is 4.28. The standard InChI is InChI=1S/C10H22OS/c1-8(2)9(3)11-6-10(4,5)7-12/h8-9,12H,6-7H2,1-5H3. The molecule has 0 radical (unpaired) electrons. The largest absolute Gasteiger partial charge is 0.378 e. The first-order valence-electron chi connectivity index (χ1n) is 4.61. The molecule has 0 aromatic carbocycles. The van der Waals surface area contributed by atoms with E-state index < -0.39 is 0 Å². The van der Waals surface area contributed by atoms with Crippen LogP contribution in [0.1, 0.15) is 34.6 Å². The van der Waals surface area contributed by atoms with Crippen LogP contribution >= 0.6 is 12.6 Å². The van der Waals surface area contributed by atoms with Gasteiger partial charge in [-0.05, 0) is 24.0 Å². The van der Waals surface area contributed by atoms with Gasteiger partial charge in [-0.1, -0.05) is 27.7 Å². The molecule has 0 saturated heterocycles. The van der Waals surface area contributed by atoms with E-state index in [1.165, 1.54) is 0 Å². The molecule has 0 saturated carbocycles. The van der Waals surface area contributed by atoms with Gasteiger partial charge in [0.05, 0.1) is 12.7 Å². The van der Waals surface area contributed by atoms with Crippen LogP contribution in [0, 0.1) is 11.3 Å². The summed E-state index contributed by atoms with van der Waals surface area (Å²) in [5.74, 6) is 1.47. The lowest BCUT2D eigenvalue weighted by atomic mass is 9.98. The molecule has 0 amide bonds. The molecule has 0 spiro atoms. The summed E-state index contributed by atoms with van der Waals surface area (Å²) in [5.41, 5.74) is 0.201. The highest BCUT2D eigenvalue weighted by Gasteiger charge is 2.18. The van der Waals surface area contributed by atoms with E-state index >= 15 is 0 Å². The first kappa shape index (κ1) is 12.3. The average Bonchev–Trinajstić information content (AvgIpc) is 2.00. The Morgan fingerprint density at radius 1 is 1.25 bits per heavy atom. The van der Waals surface area contributed by atoms with Gasteiger partial charge >= 0.3 is 0 Å². The quantitative estimate of drug-likeness (QED) is 0.656. The van der Waals surface area contributed by atoms with Crippen molar-refractivity contribution in [2.75, 3.05) is 12.4 Å². The first-order valence-corrected chi connectivity index (χ1v) is 5.25. The van der Waals surface area contributed by atoms with Gasteiger partial charge in [0.25, 0.3) is 0 Å². The molecule has 74 valence electrons. The van der Waals surface area contributed by atoms with Crippen molar-refractivity contribution >= 4 is 12.6 Å². The van der Waals surface area contributed by atoms with Crippen LogP contribution in [-0.2, 0) is 4.74 Å². The van der Waals surface area contributed by atoms with E-state index in [9.17, 15) is 0 Å². The highest BCUT2D eigenvalue weighted by molar-refractivity contribution is 7.80. The van der Waals surface area contributed by atoms with Gasteiger partial charge in [-0.2, -0.15) is 12.6 Å². The van der Waals surface area contributed by atoms with Crippen LogP contribution in [0.3, 0.4) is 0 Å². The van der Waals surface area contributed by atoms with E-state index in [-0.39, 0.29) is 5.41 Å². The smallest absolute Gasteiger partial charge is 0.0570 e. The summed E-state index contributed by atoms with van der Waals surface area (Å²) in [6, 6.07) is 0. The third kappa shape index (κ3) is 5.04. The Morgan fingerprint density at radius 2 is 1.75 bits per heavy atom. The van der Waals surface area contributed by atoms with Gasteiger partial charge in [-0.3, -0.25) is 0 Å². The summed E-state index contributed by atoms with van der Waals surface area (Å²) in [6.45, 7) is 11.6. The van der Waals surface area contributed by atoms with Crippen molar-refractivity contribution < 1.29 is 4.74 Å². The molecule has 0 N–H and O–H groups in total. The normalized spacial score (nSPS) is 15.2. The zero-order valence-corrected chi connectivity index (χ0v) is 9.82. The van der Waals surface area contributed by atoms with Crippen LogP contribution in [0.15, 0.2) is 0 Å². The van der Waals surface area contributed by atoms with Crippen molar-refractivity contribution in [3.05, 3.63) is 0 Å². The third-order valence-electron chi connectivity index (χ3n) is 2.10. The lowest BCUT2D eigenvalue weighted by Crippen LogP contribution is -2.26. The molecule has 1 unspecified atom stereocenters. The molecule has 1 atom stereocenters. The second kappa shape index (κ2) is 5.13. The van der Waals surface area contributed by atoms with Gasteiger partial charge in [0, 0.05) is 0 Å².